The highest BCUT2D eigenvalue weighted by molar-refractivity contribution is 6.12. The van der Waals surface area contributed by atoms with E-state index in [0.717, 1.165) is 57.8 Å². The van der Waals surface area contributed by atoms with E-state index < -0.39 is 23.4 Å². The lowest BCUT2D eigenvalue weighted by molar-refractivity contribution is 0.0721. The minimum absolute atomic E-state index is 0.0358. The summed E-state index contributed by atoms with van der Waals surface area (Å²) in [5.74, 6) is -0.548. The Kier molecular flexibility index (Phi) is 7.27. The van der Waals surface area contributed by atoms with E-state index in [1.807, 2.05) is 4.90 Å². The zero-order chi connectivity index (χ0) is 25.1. The molecule has 1 unspecified atom stereocenters. The number of pyridine rings is 1. The molecule has 0 bridgehead atoms. The molecular weight excluding hydrogens is 466 g/mol. The van der Waals surface area contributed by atoms with Gasteiger partial charge in [-0.1, -0.05) is 44.9 Å². The van der Waals surface area contributed by atoms with Crippen LogP contribution in [-0.4, -0.2) is 59.6 Å². The molecule has 9 nitrogen and oxygen atoms in total. The lowest BCUT2D eigenvalue weighted by Gasteiger charge is -2.42. The minimum Gasteiger partial charge on any atom is -0.381 e. The molecule has 5 rings (SSSR count). The van der Waals surface area contributed by atoms with Gasteiger partial charge in [0.05, 0.1) is 23.6 Å². The van der Waals surface area contributed by atoms with Crippen molar-refractivity contribution in [3.8, 4) is 0 Å². The molecule has 1 aliphatic carbocycles. The van der Waals surface area contributed by atoms with Gasteiger partial charge in [-0.25, -0.2) is 13.5 Å². The summed E-state index contributed by atoms with van der Waals surface area (Å²) in [4.78, 5) is 19.4. The fourth-order valence-corrected chi connectivity index (χ4v) is 5.96. The first kappa shape index (κ1) is 24.7. The molecule has 2 aromatic rings. The van der Waals surface area contributed by atoms with Crippen LogP contribution in [0.25, 0.3) is 0 Å². The van der Waals surface area contributed by atoms with Gasteiger partial charge >= 0.3 is 0 Å². The van der Waals surface area contributed by atoms with Crippen molar-refractivity contribution >= 4 is 28.9 Å². The van der Waals surface area contributed by atoms with Crippen molar-refractivity contribution in [3.05, 3.63) is 23.8 Å². The molecule has 1 amide bonds. The van der Waals surface area contributed by atoms with Crippen LogP contribution in [0.2, 0.25) is 0 Å². The number of anilines is 4. The number of nitrogens with two attached hydrogens (primary N) is 1. The molecule has 11 heteroatoms. The van der Waals surface area contributed by atoms with Gasteiger partial charge in [0.15, 0.2) is 11.6 Å². The van der Waals surface area contributed by atoms with Gasteiger partial charge in [0.2, 0.25) is 0 Å². The molecule has 3 aliphatic rings. The van der Waals surface area contributed by atoms with Crippen LogP contribution >= 0.6 is 0 Å². The Bertz CT molecular complexity index is 1070. The number of carbonyl (C=O) groups excluding carboxylic acids is 1. The van der Waals surface area contributed by atoms with Gasteiger partial charge in [-0.15, -0.1) is 0 Å². The number of hydrogen-bond acceptors (Lipinski definition) is 7. The number of piperazine rings is 1. The van der Waals surface area contributed by atoms with E-state index in [-0.39, 0.29) is 23.6 Å². The Morgan fingerprint density at radius 2 is 1.75 bits per heavy atom. The highest BCUT2D eigenvalue weighted by atomic mass is 19.1. The van der Waals surface area contributed by atoms with Gasteiger partial charge in [-0.05, 0) is 12.8 Å². The number of amides is 1. The molecule has 1 spiro atoms. The highest BCUT2D eigenvalue weighted by Crippen LogP contribution is 2.43. The van der Waals surface area contributed by atoms with E-state index in [4.69, 9.17) is 5.73 Å². The maximum absolute atomic E-state index is 15.6. The molecular formula is C25H36F2N8O. The van der Waals surface area contributed by atoms with E-state index in [1.165, 1.54) is 12.6 Å². The van der Waals surface area contributed by atoms with E-state index in [9.17, 15) is 9.18 Å². The lowest BCUT2D eigenvalue weighted by Crippen LogP contribution is -2.51. The molecule has 1 saturated heterocycles. The summed E-state index contributed by atoms with van der Waals surface area (Å²) in [6, 6.07) is 0. The van der Waals surface area contributed by atoms with Gasteiger partial charge in [-0.2, -0.15) is 5.10 Å². The third-order valence-electron chi connectivity index (χ3n) is 7.87. The van der Waals surface area contributed by atoms with Crippen molar-refractivity contribution in [2.45, 2.75) is 69.5 Å². The highest BCUT2D eigenvalue weighted by Gasteiger charge is 2.47. The van der Waals surface area contributed by atoms with Crippen LogP contribution in [0, 0.1) is 5.82 Å². The molecule has 1 saturated carbocycles. The average Bonchev–Trinajstić information content (AvgIpc) is 3.23. The van der Waals surface area contributed by atoms with E-state index in [0.29, 0.717) is 37.4 Å². The molecule has 4 heterocycles. The Morgan fingerprint density at radius 3 is 2.44 bits per heavy atom. The molecule has 5 N–H and O–H groups in total. The summed E-state index contributed by atoms with van der Waals surface area (Å²) in [7, 11) is 0. The van der Waals surface area contributed by atoms with E-state index in [1.54, 1.807) is 4.68 Å². The molecule has 0 radical (unpaired) electrons. The molecule has 0 aromatic carbocycles. The van der Waals surface area contributed by atoms with Crippen molar-refractivity contribution in [1.29, 1.82) is 0 Å². The number of alkyl halides is 1. The van der Waals surface area contributed by atoms with Gasteiger partial charge in [-0.3, -0.25) is 9.78 Å². The Hall–Kier alpha value is -2.95. The second-order valence-corrected chi connectivity index (χ2v) is 10.2. The number of nitrogen functional groups attached to an aromatic ring is 1. The van der Waals surface area contributed by atoms with Gasteiger partial charge in [0.25, 0.3) is 5.91 Å². The number of aromatic nitrogens is 3. The number of fused-ring (bicyclic) bond motifs is 2. The maximum Gasteiger partial charge on any atom is 0.263 e. The van der Waals surface area contributed by atoms with Crippen LogP contribution in [0.4, 0.5) is 31.8 Å². The molecule has 196 valence electrons. The van der Waals surface area contributed by atoms with Crippen molar-refractivity contribution in [2.24, 2.45) is 0 Å². The van der Waals surface area contributed by atoms with Crippen LogP contribution < -0.4 is 26.6 Å². The second kappa shape index (κ2) is 10.6. The van der Waals surface area contributed by atoms with Gasteiger partial charge in [0, 0.05) is 32.7 Å². The predicted molar refractivity (Wildman–Crippen MR) is 137 cm³/mol. The first-order valence-electron chi connectivity index (χ1n) is 13.2. The molecule has 1 atom stereocenters. The zero-order valence-electron chi connectivity index (χ0n) is 20.7. The number of nitrogens with zero attached hydrogens (tertiary/aromatic N) is 4. The lowest BCUT2D eigenvalue weighted by atomic mass is 9.80. The fourth-order valence-electron chi connectivity index (χ4n) is 5.96. The molecule has 2 aliphatic heterocycles. The van der Waals surface area contributed by atoms with Gasteiger partial charge in [0.1, 0.15) is 23.2 Å². The number of halogens is 2. The van der Waals surface area contributed by atoms with E-state index in [2.05, 4.69) is 26.0 Å². The normalized spacial score (nSPS) is 22.5. The maximum atomic E-state index is 15.6. The average molecular weight is 503 g/mol. The number of hydrogen-bond donors (Lipinski definition) is 4. The summed E-state index contributed by atoms with van der Waals surface area (Å²) >= 11 is 0. The fraction of sp³-hybridized carbons (Fsp3) is 0.640. The van der Waals surface area contributed by atoms with Crippen molar-refractivity contribution in [3.63, 3.8) is 0 Å². The molecule has 36 heavy (non-hydrogen) atoms. The minimum atomic E-state index is -1.13. The zero-order valence-corrected chi connectivity index (χ0v) is 20.7. The van der Waals surface area contributed by atoms with Crippen LogP contribution in [0.15, 0.2) is 12.4 Å². The number of carbonyl (C=O) groups is 1. The standard InChI is InChI=1S/C25H36F2N8O/c26-17-14-30-15-18(21(17)34-12-10-29-11-13-34)32-24(36)20-22(28)33-35-23(20)31-16-19(27)25(35)8-6-4-2-1-3-5-7-9-25/h14-15,19,29,31H,1-13,16H2,(H2,28,33)(H,32,36). The third-order valence-corrected chi connectivity index (χ3v) is 7.87. The first-order chi connectivity index (χ1) is 17.5. The molecule has 2 aromatic heterocycles. The van der Waals surface area contributed by atoms with E-state index >= 15 is 4.39 Å². The molecule has 2 fully saturated rings. The number of rotatable bonds is 3. The van der Waals surface area contributed by atoms with Crippen molar-refractivity contribution in [1.82, 2.24) is 20.1 Å². The summed E-state index contributed by atoms with van der Waals surface area (Å²) in [6.07, 6.45) is 10.2. The van der Waals surface area contributed by atoms with Gasteiger partial charge < -0.3 is 26.6 Å². The number of nitrogens with one attached hydrogen (secondary N) is 3. The predicted octanol–water partition coefficient (Wildman–Crippen LogP) is 3.64. The summed E-state index contributed by atoms with van der Waals surface area (Å²) in [5, 5.41) is 13.6. The second-order valence-electron chi connectivity index (χ2n) is 10.2. The third kappa shape index (κ3) is 4.60. The van der Waals surface area contributed by atoms with Crippen LogP contribution in [-0.2, 0) is 5.54 Å². The monoisotopic (exact) mass is 502 g/mol. The Morgan fingerprint density at radius 1 is 1.08 bits per heavy atom. The smallest absolute Gasteiger partial charge is 0.263 e. The van der Waals surface area contributed by atoms with Crippen molar-refractivity contribution < 1.29 is 13.6 Å². The quantitative estimate of drug-likeness (QED) is 0.507. The Balaban J connectivity index is 1.47. The topological polar surface area (TPSA) is 113 Å². The largest absolute Gasteiger partial charge is 0.381 e. The summed E-state index contributed by atoms with van der Waals surface area (Å²) in [5.41, 5.74) is 6.20. The van der Waals surface area contributed by atoms with Crippen LogP contribution in [0.1, 0.15) is 68.1 Å². The first-order valence-corrected chi connectivity index (χ1v) is 13.2. The van der Waals surface area contributed by atoms with Crippen molar-refractivity contribution in [2.75, 3.05) is 54.0 Å². The summed E-state index contributed by atoms with van der Waals surface area (Å²) < 4.78 is 32.1. The summed E-state index contributed by atoms with van der Waals surface area (Å²) in [6.45, 7) is 2.75. The van der Waals surface area contributed by atoms with Crippen LogP contribution in [0.5, 0.6) is 0 Å². The SMILES string of the molecule is Nc1nn2c(c1C(=O)Nc1cncc(F)c1N1CCNCC1)NCC(F)C21CCCCCCCCC1. The Labute approximate surface area is 210 Å². The van der Waals surface area contributed by atoms with Crippen LogP contribution in [0.3, 0.4) is 0 Å².